The number of hydrogen-bond donors (Lipinski definition) is 2. The van der Waals surface area contributed by atoms with Crippen molar-refractivity contribution in [2.24, 2.45) is 0 Å². The average Bonchev–Trinajstić information content (AvgIpc) is 2.87. The normalized spacial score (nSPS) is 13.9. The van der Waals surface area contributed by atoms with Gasteiger partial charge in [-0.05, 0) is 41.3 Å². The van der Waals surface area contributed by atoms with Gasteiger partial charge in [-0.15, -0.1) is 0 Å². The van der Waals surface area contributed by atoms with E-state index in [1.165, 1.54) is 41.1 Å². The second kappa shape index (κ2) is 13.6. The molecule has 0 bridgehead atoms. The molecule has 196 valence electrons. The van der Waals surface area contributed by atoms with Gasteiger partial charge in [0, 0.05) is 39.6 Å². The number of carbonyl (C=O) groups excluding carboxylic acids is 2. The zero-order valence-corrected chi connectivity index (χ0v) is 21.5. The zero-order chi connectivity index (χ0) is 26.7. The number of amides is 2. The molecule has 1 heterocycles. The van der Waals surface area contributed by atoms with E-state index in [-0.39, 0.29) is 29.6 Å². The van der Waals surface area contributed by atoms with Gasteiger partial charge in [0.1, 0.15) is 5.75 Å². The van der Waals surface area contributed by atoms with Crippen molar-refractivity contribution in [3.05, 3.63) is 59.7 Å². The number of ether oxygens (including phenoxy) is 1. The van der Waals surface area contributed by atoms with Crippen molar-refractivity contribution in [3.8, 4) is 5.75 Å². The number of piperazine rings is 1. The molecule has 2 aromatic rings. The van der Waals surface area contributed by atoms with Crippen LogP contribution in [-0.2, 0) is 31.0 Å². The lowest BCUT2D eigenvalue weighted by atomic mass is 10.0. The summed E-state index contributed by atoms with van der Waals surface area (Å²) in [6, 6.07) is 13.9. The van der Waals surface area contributed by atoms with E-state index >= 15 is 0 Å². The van der Waals surface area contributed by atoms with Crippen molar-refractivity contribution in [1.82, 2.24) is 14.5 Å². The third-order valence-corrected chi connectivity index (χ3v) is 7.46. The second-order valence-electron chi connectivity index (χ2n) is 8.46. The number of nitrogens with one attached hydrogen (secondary N) is 1. The molecule has 0 unspecified atom stereocenters. The van der Waals surface area contributed by atoms with Crippen molar-refractivity contribution in [1.29, 1.82) is 0 Å². The molecule has 2 N–H and O–H groups in total. The van der Waals surface area contributed by atoms with Gasteiger partial charge in [0.15, 0.2) is 6.61 Å². The highest BCUT2D eigenvalue weighted by Gasteiger charge is 2.29. The molecule has 2 amide bonds. The lowest BCUT2D eigenvalue weighted by Gasteiger charge is -2.33. The molecule has 1 aliphatic heterocycles. The van der Waals surface area contributed by atoms with E-state index in [4.69, 9.17) is 9.84 Å². The van der Waals surface area contributed by atoms with E-state index in [9.17, 15) is 22.8 Å². The Bertz CT molecular complexity index is 1110. The fraction of sp³-hybridized carbons (Fsp3) is 0.400. The second-order valence-corrected chi connectivity index (χ2v) is 10.4. The summed E-state index contributed by atoms with van der Waals surface area (Å²) in [6.07, 6.45) is 0.719. The van der Waals surface area contributed by atoms with Crippen LogP contribution in [0.4, 0.5) is 0 Å². The minimum Gasteiger partial charge on any atom is -0.482 e. The highest BCUT2D eigenvalue weighted by molar-refractivity contribution is 7.89. The molecule has 0 atom stereocenters. The van der Waals surface area contributed by atoms with E-state index in [1.54, 1.807) is 4.90 Å². The third-order valence-electron chi connectivity index (χ3n) is 5.54. The molecule has 11 heteroatoms. The quantitative estimate of drug-likeness (QED) is 0.485. The van der Waals surface area contributed by atoms with E-state index in [2.05, 4.69) is 31.3 Å². The van der Waals surface area contributed by atoms with Crippen LogP contribution in [0.5, 0.6) is 5.75 Å². The Morgan fingerprint density at radius 3 is 2.08 bits per heavy atom. The number of carbonyl (C=O) groups is 3. The lowest BCUT2D eigenvalue weighted by Crippen LogP contribution is -2.49. The molecule has 0 aliphatic carbocycles. The van der Waals surface area contributed by atoms with Gasteiger partial charge < -0.3 is 20.1 Å². The van der Waals surface area contributed by atoms with Crippen molar-refractivity contribution in [2.75, 3.05) is 32.8 Å². The highest BCUT2D eigenvalue weighted by Crippen LogP contribution is 2.21. The molecule has 1 fully saturated rings. The molecular weight excluding hydrogens is 486 g/mol. The number of rotatable bonds is 9. The largest absolute Gasteiger partial charge is 0.482 e. The first-order valence-corrected chi connectivity index (χ1v) is 12.9. The SMILES string of the molecule is CC(=O)N1CCN(S(=O)(=O)c2ccc(OCC(=O)O)cc2)CC1.CC(C)c1ccc(CNC=O)cc1. The summed E-state index contributed by atoms with van der Waals surface area (Å²) in [7, 11) is -3.64. The summed E-state index contributed by atoms with van der Waals surface area (Å²) in [5.41, 5.74) is 2.46. The number of carboxylic acid groups (broad SMARTS) is 1. The van der Waals surface area contributed by atoms with E-state index < -0.39 is 22.6 Å². The molecule has 36 heavy (non-hydrogen) atoms. The van der Waals surface area contributed by atoms with Gasteiger partial charge in [-0.3, -0.25) is 9.59 Å². The summed E-state index contributed by atoms with van der Waals surface area (Å²) >= 11 is 0. The van der Waals surface area contributed by atoms with Gasteiger partial charge in [0.05, 0.1) is 4.90 Å². The summed E-state index contributed by atoms with van der Waals surface area (Å²) in [4.78, 5) is 33.5. The number of nitrogens with zero attached hydrogens (tertiary/aromatic N) is 2. The van der Waals surface area contributed by atoms with Crippen molar-refractivity contribution < 1.29 is 32.6 Å². The smallest absolute Gasteiger partial charge is 0.341 e. The third kappa shape index (κ3) is 8.65. The van der Waals surface area contributed by atoms with Crippen LogP contribution in [0, 0.1) is 0 Å². The highest BCUT2D eigenvalue weighted by atomic mass is 32.2. The molecule has 3 rings (SSSR count). The monoisotopic (exact) mass is 519 g/mol. The van der Waals surface area contributed by atoms with Gasteiger partial charge in [-0.2, -0.15) is 4.31 Å². The fourth-order valence-corrected chi connectivity index (χ4v) is 4.85. The van der Waals surface area contributed by atoms with E-state index in [1.807, 2.05) is 12.1 Å². The topological polar surface area (TPSA) is 133 Å². The number of hydrogen-bond acceptors (Lipinski definition) is 6. The first-order valence-electron chi connectivity index (χ1n) is 11.5. The summed E-state index contributed by atoms with van der Waals surface area (Å²) < 4.78 is 31.4. The first kappa shape index (κ1) is 28.8. The van der Waals surface area contributed by atoms with Gasteiger partial charge in [0.2, 0.25) is 22.3 Å². The van der Waals surface area contributed by atoms with Crippen LogP contribution in [0.1, 0.15) is 37.8 Å². The van der Waals surface area contributed by atoms with Crippen LogP contribution in [0.25, 0.3) is 0 Å². The Morgan fingerprint density at radius 1 is 1.03 bits per heavy atom. The average molecular weight is 520 g/mol. The van der Waals surface area contributed by atoms with Gasteiger partial charge in [-0.25, -0.2) is 13.2 Å². The molecule has 0 radical (unpaired) electrons. The predicted octanol–water partition coefficient (Wildman–Crippen LogP) is 2.06. The van der Waals surface area contributed by atoms with Crippen LogP contribution < -0.4 is 10.1 Å². The minimum absolute atomic E-state index is 0.0676. The summed E-state index contributed by atoms with van der Waals surface area (Å²) in [5.74, 6) is -0.326. The minimum atomic E-state index is -3.64. The molecule has 0 aromatic heterocycles. The Labute approximate surface area is 211 Å². The number of carboxylic acids is 1. The maximum absolute atomic E-state index is 12.5. The number of benzene rings is 2. The predicted molar refractivity (Wildman–Crippen MR) is 134 cm³/mol. The zero-order valence-electron chi connectivity index (χ0n) is 20.7. The fourth-order valence-electron chi connectivity index (χ4n) is 3.43. The summed E-state index contributed by atoms with van der Waals surface area (Å²) in [6.45, 7) is 7.15. The first-order chi connectivity index (χ1) is 17.0. The van der Waals surface area contributed by atoms with Crippen LogP contribution in [0.3, 0.4) is 0 Å². The Kier molecular flexibility index (Phi) is 10.9. The Balaban J connectivity index is 0.000000297. The summed E-state index contributed by atoms with van der Waals surface area (Å²) in [5, 5.41) is 11.2. The van der Waals surface area contributed by atoms with Crippen molar-refractivity contribution in [2.45, 2.75) is 38.1 Å². The number of aliphatic carboxylic acids is 1. The maximum Gasteiger partial charge on any atom is 0.341 e. The van der Waals surface area contributed by atoms with E-state index in [0.717, 1.165) is 12.0 Å². The van der Waals surface area contributed by atoms with Crippen LogP contribution in [-0.4, -0.2) is 73.8 Å². The molecule has 2 aromatic carbocycles. The van der Waals surface area contributed by atoms with Crippen molar-refractivity contribution in [3.63, 3.8) is 0 Å². The van der Waals surface area contributed by atoms with Crippen LogP contribution >= 0.6 is 0 Å². The van der Waals surface area contributed by atoms with Crippen LogP contribution in [0.15, 0.2) is 53.4 Å². The standard InChI is InChI=1S/C14H18N2O6S.C11H15NO/c1-11(17)15-6-8-16(9-7-15)23(20,21)13-4-2-12(3-5-13)22-10-14(18)19;1-9(2)11-5-3-10(4-6-11)7-12-8-13/h2-5H,6-10H2,1H3,(H,18,19);3-6,8-9H,7H2,1-2H3,(H,12,13). The molecule has 0 saturated carbocycles. The van der Waals surface area contributed by atoms with Gasteiger partial charge in [0.25, 0.3) is 0 Å². The molecular formula is C25H33N3O7S. The van der Waals surface area contributed by atoms with Crippen LogP contribution in [0.2, 0.25) is 0 Å². The lowest BCUT2D eigenvalue weighted by molar-refractivity contribution is -0.139. The maximum atomic E-state index is 12.5. The molecule has 10 nitrogen and oxygen atoms in total. The Morgan fingerprint density at radius 2 is 1.61 bits per heavy atom. The van der Waals surface area contributed by atoms with E-state index in [0.29, 0.717) is 25.6 Å². The Hall–Kier alpha value is -3.44. The number of sulfonamides is 1. The molecule has 1 saturated heterocycles. The van der Waals surface area contributed by atoms with Gasteiger partial charge >= 0.3 is 5.97 Å². The molecule has 0 spiro atoms. The van der Waals surface area contributed by atoms with Crippen molar-refractivity contribution >= 4 is 28.3 Å². The van der Waals surface area contributed by atoms with Gasteiger partial charge in [-0.1, -0.05) is 38.1 Å². The molecule has 1 aliphatic rings.